The first-order valence-corrected chi connectivity index (χ1v) is 6.41. The van der Waals surface area contributed by atoms with Gasteiger partial charge in [-0.3, -0.25) is 9.69 Å². The molecular weight excluding hydrogens is 220 g/mol. The summed E-state index contributed by atoms with van der Waals surface area (Å²) in [7, 11) is 0. The lowest BCUT2D eigenvalue weighted by molar-refractivity contribution is -0.131. The summed E-state index contributed by atoms with van der Waals surface area (Å²) in [5, 5.41) is 0. The molecule has 3 unspecified atom stereocenters. The zero-order valence-corrected chi connectivity index (χ0v) is 10.1. The van der Waals surface area contributed by atoms with Gasteiger partial charge >= 0.3 is 6.03 Å². The van der Waals surface area contributed by atoms with Crippen LogP contribution >= 0.6 is 0 Å². The third-order valence-corrected chi connectivity index (χ3v) is 4.15. The van der Waals surface area contributed by atoms with Crippen molar-refractivity contribution in [2.75, 3.05) is 19.8 Å². The van der Waals surface area contributed by atoms with Gasteiger partial charge in [-0.05, 0) is 25.2 Å². The van der Waals surface area contributed by atoms with E-state index in [4.69, 9.17) is 4.74 Å². The lowest BCUT2D eigenvalue weighted by Crippen LogP contribution is -2.44. The summed E-state index contributed by atoms with van der Waals surface area (Å²) in [5.41, 5.74) is 0. The molecule has 17 heavy (non-hydrogen) atoms. The van der Waals surface area contributed by atoms with E-state index in [0.717, 1.165) is 25.8 Å². The van der Waals surface area contributed by atoms with Crippen molar-refractivity contribution >= 4 is 11.9 Å². The molecule has 5 nitrogen and oxygen atoms in total. The number of carbonyl (C=O) groups is 2. The Balaban J connectivity index is 1.86. The van der Waals surface area contributed by atoms with Crippen molar-refractivity contribution in [1.82, 2.24) is 9.80 Å². The highest BCUT2D eigenvalue weighted by atomic mass is 16.5. The number of piperidine rings is 1. The molecule has 94 valence electrons. The molecule has 0 bridgehead atoms. The molecule has 3 aliphatic rings. The molecular formula is C12H18N2O3. The first kappa shape index (κ1) is 11.0. The van der Waals surface area contributed by atoms with Gasteiger partial charge in [-0.2, -0.15) is 0 Å². The van der Waals surface area contributed by atoms with Gasteiger partial charge in [-0.25, -0.2) is 4.79 Å². The van der Waals surface area contributed by atoms with Gasteiger partial charge in [0.15, 0.2) is 0 Å². The number of carbonyl (C=O) groups excluding carboxylic acids is 2. The smallest absolute Gasteiger partial charge is 0.327 e. The van der Waals surface area contributed by atoms with E-state index in [1.165, 1.54) is 4.90 Å². The van der Waals surface area contributed by atoms with Crippen LogP contribution in [0.1, 0.15) is 26.2 Å². The lowest BCUT2D eigenvalue weighted by Gasteiger charge is -2.31. The second-order valence-electron chi connectivity index (χ2n) is 5.27. The van der Waals surface area contributed by atoms with Crippen LogP contribution in [-0.2, 0) is 9.53 Å². The van der Waals surface area contributed by atoms with E-state index in [1.54, 1.807) is 4.90 Å². The van der Waals surface area contributed by atoms with Gasteiger partial charge in [0.2, 0.25) is 0 Å². The molecule has 0 radical (unpaired) electrons. The average Bonchev–Trinajstić information content (AvgIpc) is 2.88. The van der Waals surface area contributed by atoms with Crippen molar-refractivity contribution < 1.29 is 14.3 Å². The van der Waals surface area contributed by atoms with Crippen LogP contribution < -0.4 is 0 Å². The fourth-order valence-electron chi connectivity index (χ4n) is 3.22. The van der Waals surface area contributed by atoms with Crippen LogP contribution in [0.5, 0.6) is 0 Å². The summed E-state index contributed by atoms with van der Waals surface area (Å²) in [6.45, 7) is 3.95. The summed E-state index contributed by atoms with van der Waals surface area (Å²) >= 11 is 0. The highest BCUT2D eigenvalue weighted by Crippen LogP contribution is 2.33. The number of ether oxygens (including phenoxy) is 1. The number of hydrogen-bond donors (Lipinski definition) is 0. The van der Waals surface area contributed by atoms with Gasteiger partial charge < -0.3 is 9.64 Å². The monoisotopic (exact) mass is 238 g/mol. The van der Waals surface area contributed by atoms with Crippen molar-refractivity contribution in [3.05, 3.63) is 0 Å². The number of fused-ring (bicyclic) bond motifs is 1. The number of amides is 3. The Morgan fingerprint density at radius 3 is 2.76 bits per heavy atom. The number of rotatable bonds is 1. The molecule has 0 aromatic heterocycles. The van der Waals surface area contributed by atoms with E-state index in [1.807, 2.05) is 0 Å². The minimum absolute atomic E-state index is 0.00213. The van der Waals surface area contributed by atoms with Crippen LogP contribution in [0.4, 0.5) is 4.79 Å². The van der Waals surface area contributed by atoms with Crippen molar-refractivity contribution in [3.8, 4) is 0 Å². The summed E-state index contributed by atoms with van der Waals surface area (Å²) in [4.78, 5) is 27.8. The minimum atomic E-state index is -0.211. The summed E-state index contributed by atoms with van der Waals surface area (Å²) in [6.07, 6.45) is 2.83. The average molecular weight is 238 g/mol. The van der Waals surface area contributed by atoms with Crippen LogP contribution in [0, 0.1) is 5.92 Å². The van der Waals surface area contributed by atoms with E-state index in [0.29, 0.717) is 13.2 Å². The SMILES string of the molecule is CC1CCCN2C(=O)N(C3CCOC3)C(=O)C12. The molecule has 0 aromatic carbocycles. The number of urea groups is 1. The molecule has 3 aliphatic heterocycles. The maximum Gasteiger partial charge on any atom is 0.327 e. The standard InChI is InChI=1S/C12H18N2O3/c1-8-3-2-5-13-10(8)11(15)14(12(13)16)9-4-6-17-7-9/h8-10H,2-7H2,1H3. The fourth-order valence-corrected chi connectivity index (χ4v) is 3.22. The second kappa shape index (κ2) is 3.98. The molecule has 3 fully saturated rings. The normalized spacial score (nSPS) is 37.8. The first-order chi connectivity index (χ1) is 8.20. The summed E-state index contributed by atoms with van der Waals surface area (Å²) in [6, 6.07) is -0.341. The van der Waals surface area contributed by atoms with Crippen LogP contribution in [0.2, 0.25) is 0 Å². The molecule has 0 N–H and O–H groups in total. The van der Waals surface area contributed by atoms with E-state index in [-0.39, 0.29) is 29.9 Å². The largest absolute Gasteiger partial charge is 0.379 e. The van der Waals surface area contributed by atoms with Crippen LogP contribution in [0.3, 0.4) is 0 Å². The van der Waals surface area contributed by atoms with Crippen LogP contribution in [0.15, 0.2) is 0 Å². The van der Waals surface area contributed by atoms with E-state index in [9.17, 15) is 9.59 Å². The van der Waals surface area contributed by atoms with Gasteiger partial charge in [0, 0.05) is 13.2 Å². The zero-order chi connectivity index (χ0) is 12.0. The Morgan fingerprint density at radius 2 is 2.12 bits per heavy atom. The van der Waals surface area contributed by atoms with Gasteiger partial charge in [0.1, 0.15) is 6.04 Å². The highest BCUT2D eigenvalue weighted by molar-refractivity contribution is 6.04. The maximum atomic E-state index is 12.4. The number of nitrogens with zero attached hydrogens (tertiary/aromatic N) is 2. The van der Waals surface area contributed by atoms with Crippen molar-refractivity contribution in [2.24, 2.45) is 5.92 Å². The van der Waals surface area contributed by atoms with E-state index in [2.05, 4.69) is 6.92 Å². The van der Waals surface area contributed by atoms with Crippen molar-refractivity contribution in [3.63, 3.8) is 0 Å². The second-order valence-corrected chi connectivity index (χ2v) is 5.27. The molecule has 0 aromatic rings. The van der Waals surface area contributed by atoms with Crippen LogP contribution in [0.25, 0.3) is 0 Å². The van der Waals surface area contributed by atoms with E-state index >= 15 is 0 Å². The molecule has 3 saturated heterocycles. The van der Waals surface area contributed by atoms with Gasteiger partial charge in [-0.15, -0.1) is 0 Å². The number of hydrogen-bond acceptors (Lipinski definition) is 3. The van der Waals surface area contributed by atoms with Gasteiger partial charge in [-0.1, -0.05) is 6.92 Å². The third kappa shape index (κ3) is 1.56. The molecule has 5 heteroatoms. The Hall–Kier alpha value is -1.10. The molecule has 0 spiro atoms. The predicted octanol–water partition coefficient (Wildman–Crippen LogP) is 0.838. The Kier molecular flexibility index (Phi) is 2.58. The van der Waals surface area contributed by atoms with Crippen molar-refractivity contribution in [1.29, 1.82) is 0 Å². The third-order valence-electron chi connectivity index (χ3n) is 4.15. The summed E-state index contributed by atoms with van der Waals surface area (Å²) < 4.78 is 5.28. The Bertz CT molecular complexity index is 352. The molecule has 0 saturated carbocycles. The summed E-state index contributed by atoms with van der Waals surface area (Å²) in [5.74, 6) is 0.283. The predicted molar refractivity (Wildman–Crippen MR) is 60.4 cm³/mol. The fraction of sp³-hybridized carbons (Fsp3) is 0.833. The number of imide groups is 1. The first-order valence-electron chi connectivity index (χ1n) is 6.41. The van der Waals surface area contributed by atoms with Crippen molar-refractivity contribution in [2.45, 2.75) is 38.3 Å². The minimum Gasteiger partial charge on any atom is -0.379 e. The topological polar surface area (TPSA) is 49.9 Å². The zero-order valence-electron chi connectivity index (χ0n) is 10.1. The molecule has 3 atom stereocenters. The van der Waals surface area contributed by atoms with Gasteiger partial charge in [0.25, 0.3) is 5.91 Å². The molecule has 0 aliphatic carbocycles. The highest BCUT2D eigenvalue weighted by Gasteiger charge is 2.51. The quantitative estimate of drug-likeness (QED) is 0.636. The lowest BCUT2D eigenvalue weighted by atomic mass is 9.91. The Labute approximate surface area is 101 Å². The van der Waals surface area contributed by atoms with Crippen LogP contribution in [-0.4, -0.2) is 53.6 Å². The molecule has 3 amide bonds. The van der Waals surface area contributed by atoms with E-state index < -0.39 is 0 Å². The molecule has 3 heterocycles. The maximum absolute atomic E-state index is 12.4. The van der Waals surface area contributed by atoms with Gasteiger partial charge in [0.05, 0.1) is 12.6 Å². The Morgan fingerprint density at radius 1 is 1.29 bits per heavy atom. The molecule has 3 rings (SSSR count).